The molecule has 1 aromatic rings. The van der Waals surface area contributed by atoms with Gasteiger partial charge in [-0.05, 0) is 37.9 Å². The molecule has 1 aromatic carbocycles. The molecule has 1 aliphatic carbocycles. The van der Waals surface area contributed by atoms with Gasteiger partial charge in [-0.1, -0.05) is 36.6 Å². The summed E-state index contributed by atoms with van der Waals surface area (Å²) >= 11 is 8.04. The second kappa shape index (κ2) is 6.67. The molecule has 0 aliphatic heterocycles. The van der Waals surface area contributed by atoms with Gasteiger partial charge in [-0.25, -0.2) is 0 Å². The van der Waals surface area contributed by atoms with Crippen LogP contribution < -0.4 is 5.32 Å². The first-order chi connectivity index (χ1) is 8.31. The molecule has 1 unspecified atom stereocenters. The van der Waals surface area contributed by atoms with E-state index in [9.17, 15) is 0 Å². The van der Waals surface area contributed by atoms with Gasteiger partial charge in [-0.15, -0.1) is 11.8 Å². The molecule has 0 radical (unpaired) electrons. The summed E-state index contributed by atoms with van der Waals surface area (Å²) in [7, 11) is 2.08. The molecule has 2 rings (SSSR count). The number of rotatable bonds is 5. The highest BCUT2D eigenvalue weighted by Crippen LogP contribution is 2.32. The Morgan fingerprint density at radius 2 is 2.06 bits per heavy atom. The number of benzene rings is 1. The van der Waals surface area contributed by atoms with Crippen LogP contribution in [0, 0.1) is 5.92 Å². The molecule has 0 aromatic heterocycles. The molecular formula is C14H20ClNS. The summed E-state index contributed by atoms with van der Waals surface area (Å²) < 4.78 is 0. The van der Waals surface area contributed by atoms with Crippen LogP contribution in [0.2, 0.25) is 5.02 Å². The first-order valence-corrected chi connectivity index (χ1v) is 7.72. The second-order valence-electron chi connectivity index (χ2n) is 4.68. The maximum absolute atomic E-state index is 6.17. The molecule has 0 saturated heterocycles. The van der Waals surface area contributed by atoms with Gasteiger partial charge in [0.25, 0.3) is 0 Å². The van der Waals surface area contributed by atoms with E-state index in [1.54, 1.807) is 0 Å². The molecule has 0 amide bonds. The fourth-order valence-electron chi connectivity index (χ4n) is 2.56. The average Bonchev–Trinajstić information content (AvgIpc) is 2.86. The molecular weight excluding hydrogens is 250 g/mol. The van der Waals surface area contributed by atoms with Crippen LogP contribution in [0.4, 0.5) is 0 Å². The largest absolute Gasteiger partial charge is 0.316 e. The summed E-state index contributed by atoms with van der Waals surface area (Å²) in [5.41, 5.74) is 0. The predicted molar refractivity (Wildman–Crippen MR) is 77.0 cm³/mol. The van der Waals surface area contributed by atoms with Gasteiger partial charge < -0.3 is 5.32 Å². The molecule has 1 aliphatic rings. The quantitative estimate of drug-likeness (QED) is 0.804. The fourth-order valence-corrected chi connectivity index (χ4v) is 4.03. The highest BCUT2D eigenvalue weighted by atomic mass is 35.5. The Balaban J connectivity index is 1.89. The minimum atomic E-state index is 0.624. The number of hydrogen-bond acceptors (Lipinski definition) is 2. The summed E-state index contributed by atoms with van der Waals surface area (Å²) in [5, 5.41) is 4.34. The zero-order valence-electron chi connectivity index (χ0n) is 10.3. The van der Waals surface area contributed by atoms with Gasteiger partial charge in [-0.2, -0.15) is 0 Å². The first kappa shape index (κ1) is 13.3. The molecule has 1 N–H and O–H groups in total. The van der Waals surface area contributed by atoms with E-state index in [4.69, 9.17) is 11.6 Å². The van der Waals surface area contributed by atoms with Crippen molar-refractivity contribution in [3.63, 3.8) is 0 Å². The summed E-state index contributed by atoms with van der Waals surface area (Å²) in [4.78, 5) is 1.20. The molecule has 1 nitrogen and oxygen atoms in total. The normalized spacial score (nSPS) is 18.5. The Hall–Kier alpha value is -0.180. The molecule has 1 fully saturated rings. The topological polar surface area (TPSA) is 12.0 Å². The van der Waals surface area contributed by atoms with E-state index in [-0.39, 0.29) is 0 Å². The van der Waals surface area contributed by atoms with Crippen molar-refractivity contribution in [1.82, 2.24) is 5.32 Å². The third kappa shape index (κ3) is 3.64. The third-order valence-electron chi connectivity index (χ3n) is 3.59. The van der Waals surface area contributed by atoms with E-state index in [1.165, 1.54) is 30.6 Å². The smallest absolute Gasteiger partial charge is 0.0541 e. The van der Waals surface area contributed by atoms with Crippen molar-refractivity contribution in [1.29, 1.82) is 0 Å². The van der Waals surface area contributed by atoms with E-state index < -0.39 is 0 Å². The summed E-state index contributed by atoms with van der Waals surface area (Å²) in [6.07, 6.45) is 5.57. The number of thioether (sulfide) groups is 1. The van der Waals surface area contributed by atoms with Crippen LogP contribution in [0.1, 0.15) is 25.7 Å². The average molecular weight is 270 g/mol. The van der Waals surface area contributed by atoms with Gasteiger partial charge in [0, 0.05) is 16.7 Å². The lowest BCUT2D eigenvalue weighted by atomic mass is 10.0. The minimum absolute atomic E-state index is 0.624. The van der Waals surface area contributed by atoms with Gasteiger partial charge in [0.05, 0.1) is 5.02 Å². The van der Waals surface area contributed by atoms with Crippen LogP contribution in [-0.2, 0) is 0 Å². The van der Waals surface area contributed by atoms with E-state index in [2.05, 4.69) is 24.5 Å². The van der Waals surface area contributed by atoms with Crippen molar-refractivity contribution < 1.29 is 0 Å². The number of nitrogens with one attached hydrogen (secondary N) is 1. The van der Waals surface area contributed by atoms with Crippen molar-refractivity contribution in [2.75, 3.05) is 12.8 Å². The molecule has 0 heterocycles. The predicted octanol–water partition coefficient (Wildman–Crippen LogP) is 4.21. The van der Waals surface area contributed by atoms with Gasteiger partial charge in [0.15, 0.2) is 0 Å². The molecule has 3 heteroatoms. The molecule has 94 valence electrons. The van der Waals surface area contributed by atoms with Crippen LogP contribution in [0.5, 0.6) is 0 Å². The van der Waals surface area contributed by atoms with Crippen molar-refractivity contribution in [2.24, 2.45) is 5.92 Å². The summed E-state index contributed by atoms with van der Waals surface area (Å²) in [5.74, 6) is 1.97. The van der Waals surface area contributed by atoms with Crippen molar-refractivity contribution >= 4 is 23.4 Å². The lowest BCUT2D eigenvalue weighted by Crippen LogP contribution is -2.34. The van der Waals surface area contributed by atoms with Crippen molar-refractivity contribution in [2.45, 2.75) is 36.6 Å². The Bertz CT molecular complexity index is 350. The van der Waals surface area contributed by atoms with E-state index in [1.807, 2.05) is 23.9 Å². The Kier molecular flexibility index (Phi) is 5.20. The zero-order chi connectivity index (χ0) is 12.1. The lowest BCUT2D eigenvalue weighted by molar-refractivity contribution is 0.410. The first-order valence-electron chi connectivity index (χ1n) is 6.36. The van der Waals surface area contributed by atoms with Crippen LogP contribution in [0.25, 0.3) is 0 Å². The van der Waals surface area contributed by atoms with Gasteiger partial charge in [0.1, 0.15) is 0 Å². The SMILES string of the molecule is CNC(CSc1ccccc1Cl)C1CCCC1. The standard InChI is InChI=1S/C14H20ClNS/c1-16-13(11-6-2-3-7-11)10-17-14-9-5-4-8-12(14)15/h4-5,8-9,11,13,16H,2-3,6-7,10H2,1H3. The number of halogens is 1. The highest BCUT2D eigenvalue weighted by Gasteiger charge is 2.23. The van der Waals surface area contributed by atoms with E-state index >= 15 is 0 Å². The monoisotopic (exact) mass is 269 g/mol. The van der Waals surface area contributed by atoms with Crippen molar-refractivity contribution in [3.8, 4) is 0 Å². The summed E-state index contributed by atoms with van der Waals surface area (Å²) in [6.45, 7) is 0. The highest BCUT2D eigenvalue weighted by molar-refractivity contribution is 7.99. The molecule has 17 heavy (non-hydrogen) atoms. The van der Waals surface area contributed by atoms with Crippen LogP contribution in [-0.4, -0.2) is 18.8 Å². The van der Waals surface area contributed by atoms with Crippen molar-refractivity contribution in [3.05, 3.63) is 29.3 Å². The Labute approximate surface area is 113 Å². The second-order valence-corrected chi connectivity index (χ2v) is 6.15. The van der Waals surface area contributed by atoms with E-state index in [0.717, 1.165) is 16.7 Å². The minimum Gasteiger partial charge on any atom is -0.316 e. The fraction of sp³-hybridized carbons (Fsp3) is 0.571. The lowest BCUT2D eigenvalue weighted by Gasteiger charge is -2.22. The molecule has 1 atom stereocenters. The maximum Gasteiger partial charge on any atom is 0.0541 e. The van der Waals surface area contributed by atoms with Crippen LogP contribution >= 0.6 is 23.4 Å². The van der Waals surface area contributed by atoms with Crippen LogP contribution in [0.15, 0.2) is 29.2 Å². The zero-order valence-corrected chi connectivity index (χ0v) is 11.9. The Morgan fingerprint density at radius 3 is 2.71 bits per heavy atom. The van der Waals surface area contributed by atoms with E-state index in [0.29, 0.717) is 6.04 Å². The third-order valence-corrected chi connectivity index (χ3v) is 5.23. The maximum atomic E-state index is 6.17. The molecule has 0 spiro atoms. The van der Waals surface area contributed by atoms with Gasteiger partial charge in [-0.3, -0.25) is 0 Å². The number of hydrogen-bond donors (Lipinski definition) is 1. The van der Waals surface area contributed by atoms with Crippen LogP contribution in [0.3, 0.4) is 0 Å². The van der Waals surface area contributed by atoms with Gasteiger partial charge in [0.2, 0.25) is 0 Å². The molecule has 1 saturated carbocycles. The van der Waals surface area contributed by atoms with Gasteiger partial charge >= 0.3 is 0 Å². The molecule has 0 bridgehead atoms. The summed E-state index contributed by atoms with van der Waals surface area (Å²) in [6, 6.07) is 8.73. The Morgan fingerprint density at radius 1 is 1.35 bits per heavy atom.